The molecule has 5 nitrogen and oxygen atoms in total. The zero-order chi connectivity index (χ0) is 20.2. The summed E-state index contributed by atoms with van der Waals surface area (Å²) in [7, 11) is -4.78. The van der Waals surface area contributed by atoms with E-state index in [0.29, 0.717) is 0 Å². The molecule has 1 amide bonds. The van der Waals surface area contributed by atoms with Crippen molar-refractivity contribution >= 4 is 21.4 Å². The zero-order valence-corrected chi connectivity index (χ0v) is 14.2. The van der Waals surface area contributed by atoms with E-state index in [4.69, 9.17) is 0 Å². The van der Waals surface area contributed by atoms with Crippen LogP contribution in [0.25, 0.3) is 0 Å². The number of nitrogens with one attached hydrogen (secondary N) is 1. The van der Waals surface area contributed by atoms with Crippen molar-refractivity contribution in [3.05, 3.63) is 54.1 Å². The second kappa shape index (κ2) is 7.91. The summed E-state index contributed by atoms with van der Waals surface area (Å²) in [5.74, 6) is -4.43. The van der Waals surface area contributed by atoms with Gasteiger partial charge in [-0.2, -0.15) is 22.0 Å². The fraction of sp³-hybridized carbons (Fsp3) is 0.188. The Morgan fingerprint density at radius 2 is 1.70 bits per heavy atom. The van der Waals surface area contributed by atoms with Crippen LogP contribution in [0.2, 0.25) is 0 Å². The third kappa shape index (κ3) is 5.64. The van der Waals surface area contributed by atoms with E-state index in [2.05, 4.69) is 10.1 Å². The molecule has 0 spiro atoms. The van der Waals surface area contributed by atoms with Gasteiger partial charge in [-0.3, -0.25) is 4.79 Å². The summed E-state index contributed by atoms with van der Waals surface area (Å²) in [4.78, 5) is 11.5. The topological polar surface area (TPSA) is 72.5 Å². The number of sulfone groups is 1. The van der Waals surface area contributed by atoms with Crippen molar-refractivity contribution in [3.8, 4) is 5.75 Å². The van der Waals surface area contributed by atoms with Crippen LogP contribution in [-0.4, -0.2) is 32.9 Å². The molecule has 0 aliphatic rings. The molecule has 0 saturated heterocycles. The first-order valence-electron chi connectivity index (χ1n) is 7.22. The molecule has 27 heavy (non-hydrogen) atoms. The summed E-state index contributed by atoms with van der Waals surface area (Å²) < 4.78 is 88.6. The number of benzene rings is 2. The standard InChI is InChI=1S/C16H12F5NO4S/c17-15(18)27(24,25)13-6-4-10(5-7-13)14(23)22-11-2-1-3-12(8-11)26-9-16(19,20)21/h1-8,15H,9H2,(H,22,23). The second-order valence-corrected chi connectivity index (χ2v) is 7.13. The maximum absolute atomic E-state index is 12.5. The second-order valence-electron chi connectivity index (χ2n) is 5.22. The predicted molar refractivity (Wildman–Crippen MR) is 85.6 cm³/mol. The molecule has 0 aliphatic carbocycles. The molecule has 146 valence electrons. The summed E-state index contributed by atoms with van der Waals surface area (Å²) in [6.07, 6.45) is -4.51. The molecular formula is C16H12F5NO4S. The Morgan fingerprint density at radius 3 is 2.26 bits per heavy atom. The lowest BCUT2D eigenvalue weighted by atomic mass is 10.2. The quantitative estimate of drug-likeness (QED) is 0.735. The lowest BCUT2D eigenvalue weighted by Gasteiger charge is -2.11. The SMILES string of the molecule is O=C(Nc1cccc(OCC(F)(F)F)c1)c1ccc(S(=O)(=O)C(F)F)cc1. The minimum absolute atomic E-state index is 0.0372. The van der Waals surface area contributed by atoms with Gasteiger partial charge in [0.1, 0.15) is 5.75 Å². The lowest BCUT2D eigenvalue weighted by Crippen LogP contribution is -2.19. The Kier molecular flexibility index (Phi) is 6.04. The van der Waals surface area contributed by atoms with E-state index >= 15 is 0 Å². The average molecular weight is 409 g/mol. The number of anilines is 1. The van der Waals surface area contributed by atoms with Crippen LogP contribution in [0.3, 0.4) is 0 Å². The van der Waals surface area contributed by atoms with Crippen LogP contribution < -0.4 is 10.1 Å². The van der Waals surface area contributed by atoms with Gasteiger partial charge in [-0.25, -0.2) is 8.42 Å². The summed E-state index contributed by atoms with van der Waals surface area (Å²) in [5, 5.41) is 2.38. The zero-order valence-electron chi connectivity index (χ0n) is 13.3. The smallest absolute Gasteiger partial charge is 0.422 e. The predicted octanol–water partition coefficient (Wildman–Crippen LogP) is 3.88. The average Bonchev–Trinajstić information content (AvgIpc) is 2.59. The van der Waals surface area contributed by atoms with Crippen LogP contribution in [0, 0.1) is 0 Å². The van der Waals surface area contributed by atoms with E-state index in [0.717, 1.165) is 24.3 Å². The molecule has 0 heterocycles. The third-order valence-corrected chi connectivity index (χ3v) is 4.57. The number of hydrogen-bond acceptors (Lipinski definition) is 4. The monoisotopic (exact) mass is 409 g/mol. The number of halogens is 5. The van der Waals surface area contributed by atoms with Crippen molar-refractivity contribution < 1.29 is 39.9 Å². The highest BCUT2D eigenvalue weighted by Crippen LogP contribution is 2.22. The van der Waals surface area contributed by atoms with Gasteiger partial charge in [-0.15, -0.1) is 0 Å². The van der Waals surface area contributed by atoms with Gasteiger partial charge in [0, 0.05) is 17.3 Å². The van der Waals surface area contributed by atoms with Crippen molar-refractivity contribution in [3.63, 3.8) is 0 Å². The number of alkyl halides is 5. The summed E-state index contributed by atoms with van der Waals surface area (Å²) in [6, 6.07) is 8.99. The summed E-state index contributed by atoms with van der Waals surface area (Å²) in [6.45, 7) is -1.50. The molecule has 2 aromatic carbocycles. The number of carbonyl (C=O) groups excluding carboxylic acids is 1. The molecule has 0 saturated carbocycles. The van der Waals surface area contributed by atoms with E-state index in [-0.39, 0.29) is 17.0 Å². The molecule has 0 unspecified atom stereocenters. The molecular weight excluding hydrogens is 397 g/mol. The largest absolute Gasteiger partial charge is 0.484 e. The molecule has 2 rings (SSSR count). The Labute approximate surface area is 150 Å². The first kappa shape index (κ1) is 20.6. The van der Waals surface area contributed by atoms with Gasteiger partial charge in [0.2, 0.25) is 9.84 Å². The van der Waals surface area contributed by atoms with Gasteiger partial charge in [-0.05, 0) is 36.4 Å². The van der Waals surface area contributed by atoms with Gasteiger partial charge < -0.3 is 10.1 Å². The van der Waals surface area contributed by atoms with E-state index in [9.17, 15) is 35.2 Å². The van der Waals surface area contributed by atoms with Crippen LogP contribution in [0.5, 0.6) is 5.75 Å². The number of ether oxygens (including phenoxy) is 1. The van der Waals surface area contributed by atoms with Crippen LogP contribution in [0.4, 0.5) is 27.6 Å². The Balaban J connectivity index is 2.09. The number of carbonyl (C=O) groups is 1. The highest BCUT2D eigenvalue weighted by atomic mass is 32.2. The molecule has 0 atom stereocenters. The van der Waals surface area contributed by atoms with Crippen molar-refractivity contribution in [2.75, 3.05) is 11.9 Å². The van der Waals surface area contributed by atoms with Gasteiger partial charge in [0.15, 0.2) is 6.61 Å². The van der Waals surface area contributed by atoms with Crippen molar-refractivity contribution in [2.24, 2.45) is 0 Å². The number of rotatable bonds is 6. The third-order valence-electron chi connectivity index (χ3n) is 3.17. The molecule has 2 aromatic rings. The van der Waals surface area contributed by atoms with E-state index in [1.54, 1.807) is 0 Å². The molecule has 0 aromatic heterocycles. The normalized spacial score (nSPS) is 12.1. The Hall–Kier alpha value is -2.69. The van der Waals surface area contributed by atoms with E-state index < -0.39 is 39.2 Å². The number of amides is 1. The molecule has 11 heteroatoms. The lowest BCUT2D eigenvalue weighted by molar-refractivity contribution is -0.153. The minimum Gasteiger partial charge on any atom is -0.484 e. The molecule has 0 bridgehead atoms. The highest BCUT2D eigenvalue weighted by molar-refractivity contribution is 7.91. The first-order chi connectivity index (χ1) is 12.5. The Bertz CT molecular complexity index is 911. The maximum atomic E-state index is 12.5. The first-order valence-corrected chi connectivity index (χ1v) is 8.77. The van der Waals surface area contributed by atoms with Gasteiger partial charge in [0.25, 0.3) is 5.91 Å². The van der Waals surface area contributed by atoms with E-state index in [1.807, 2.05) is 0 Å². The van der Waals surface area contributed by atoms with Crippen molar-refractivity contribution in [1.82, 2.24) is 0 Å². The van der Waals surface area contributed by atoms with Crippen molar-refractivity contribution in [1.29, 1.82) is 0 Å². The van der Waals surface area contributed by atoms with Crippen LogP contribution >= 0.6 is 0 Å². The number of hydrogen-bond donors (Lipinski definition) is 1. The molecule has 1 N–H and O–H groups in total. The minimum atomic E-state index is -4.78. The van der Waals surface area contributed by atoms with Gasteiger partial charge in [0.05, 0.1) is 4.90 Å². The molecule has 0 aliphatic heterocycles. The molecule has 0 fully saturated rings. The fourth-order valence-corrected chi connectivity index (χ4v) is 2.65. The van der Waals surface area contributed by atoms with Crippen molar-refractivity contribution in [2.45, 2.75) is 16.8 Å². The highest BCUT2D eigenvalue weighted by Gasteiger charge is 2.28. The van der Waals surface area contributed by atoms with Crippen LogP contribution in [0.1, 0.15) is 10.4 Å². The van der Waals surface area contributed by atoms with E-state index in [1.165, 1.54) is 24.3 Å². The summed E-state index contributed by atoms with van der Waals surface area (Å²) in [5.41, 5.74) is 0.0915. The maximum Gasteiger partial charge on any atom is 0.422 e. The van der Waals surface area contributed by atoms with Crippen LogP contribution in [-0.2, 0) is 9.84 Å². The Morgan fingerprint density at radius 1 is 1.07 bits per heavy atom. The fourth-order valence-electron chi connectivity index (χ4n) is 1.93. The summed E-state index contributed by atoms with van der Waals surface area (Å²) >= 11 is 0. The van der Waals surface area contributed by atoms with Crippen LogP contribution in [0.15, 0.2) is 53.4 Å². The molecule has 0 radical (unpaired) electrons. The van der Waals surface area contributed by atoms with Gasteiger partial charge in [-0.1, -0.05) is 6.07 Å². The van der Waals surface area contributed by atoms with Gasteiger partial charge >= 0.3 is 11.9 Å².